The van der Waals surface area contributed by atoms with Gasteiger partial charge < -0.3 is 10.6 Å². The minimum Gasteiger partial charge on any atom is -0.352 e. The highest BCUT2D eigenvalue weighted by Crippen LogP contribution is 2.28. The van der Waals surface area contributed by atoms with Gasteiger partial charge in [0.25, 0.3) is 0 Å². The molecule has 2 N–H and O–H groups in total. The van der Waals surface area contributed by atoms with Gasteiger partial charge in [0.2, 0.25) is 5.91 Å². The largest absolute Gasteiger partial charge is 0.352 e. The molecule has 1 unspecified atom stereocenters. The molecule has 1 atom stereocenters. The Morgan fingerprint density at radius 1 is 1.48 bits per heavy atom. The molecule has 0 aliphatic carbocycles. The van der Waals surface area contributed by atoms with Gasteiger partial charge in [-0.2, -0.15) is 0 Å². The number of piperidine rings is 1. The Bertz CT molecular complexity index is 575. The number of hydrogen-bond donors (Lipinski definition) is 2. The standard InChI is InChI=1S/C14H22N2O3S2/c1-11(10-12-4-3-9-20-12)16-13(17)14(21(2,18)19)5-7-15-8-6-14/h3-4,9,11,15H,5-8,10H2,1-2H3,(H,16,17). The van der Waals surface area contributed by atoms with Gasteiger partial charge in [-0.3, -0.25) is 4.79 Å². The Morgan fingerprint density at radius 3 is 2.67 bits per heavy atom. The van der Waals surface area contributed by atoms with E-state index in [1.807, 2.05) is 24.4 Å². The number of hydrogen-bond acceptors (Lipinski definition) is 5. The van der Waals surface area contributed by atoms with Crippen molar-refractivity contribution in [2.75, 3.05) is 19.3 Å². The number of thiophene rings is 1. The van der Waals surface area contributed by atoms with Crippen LogP contribution in [0.25, 0.3) is 0 Å². The molecular weight excluding hydrogens is 308 g/mol. The Kier molecular flexibility index (Phi) is 5.06. The number of rotatable bonds is 5. The van der Waals surface area contributed by atoms with Crippen molar-refractivity contribution in [3.05, 3.63) is 22.4 Å². The second-order valence-electron chi connectivity index (χ2n) is 5.67. The van der Waals surface area contributed by atoms with Crippen molar-refractivity contribution in [3.63, 3.8) is 0 Å². The van der Waals surface area contributed by atoms with E-state index in [9.17, 15) is 13.2 Å². The van der Waals surface area contributed by atoms with Crippen LogP contribution in [0.15, 0.2) is 17.5 Å². The van der Waals surface area contributed by atoms with E-state index >= 15 is 0 Å². The number of carbonyl (C=O) groups is 1. The molecule has 21 heavy (non-hydrogen) atoms. The summed E-state index contributed by atoms with van der Waals surface area (Å²) >= 11 is 1.64. The highest BCUT2D eigenvalue weighted by Gasteiger charge is 2.48. The van der Waals surface area contributed by atoms with Gasteiger partial charge in [-0.1, -0.05) is 6.07 Å². The summed E-state index contributed by atoms with van der Waals surface area (Å²) in [5.41, 5.74) is 0. The molecule has 0 spiro atoms. The third-order valence-electron chi connectivity index (χ3n) is 4.00. The fraction of sp³-hybridized carbons (Fsp3) is 0.643. The molecule has 1 saturated heterocycles. The molecule has 1 aromatic heterocycles. The minimum absolute atomic E-state index is 0.0790. The van der Waals surface area contributed by atoms with Gasteiger partial charge in [0.1, 0.15) is 0 Å². The lowest BCUT2D eigenvalue weighted by Crippen LogP contribution is -2.58. The number of sulfone groups is 1. The van der Waals surface area contributed by atoms with Crippen molar-refractivity contribution in [2.24, 2.45) is 0 Å². The van der Waals surface area contributed by atoms with Crippen molar-refractivity contribution >= 4 is 27.1 Å². The lowest BCUT2D eigenvalue weighted by molar-refractivity contribution is -0.124. The normalized spacial score (nSPS) is 19.9. The van der Waals surface area contributed by atoms with Crippen LogP contribution in [-0.2, 0) is 21.1 Å². The van der Waals surface area contributed by atoms with Crippen LogP contribution >= 0.6 is 11.3 Å². The van der Waals surface area contributed by atoms with Crippen LogP contribution < -0.4 is 10.6 Å². The highest BCUT2D eigenvalue weighted by molar-refractivity contribution is 7.92. The Morgan fingerprint density at radius 2 is 2.14 bits per heavy atom. The molecule has 0 bridgehead atoms. The quantitative estimate of drug-likeness (QED) is 0.843. The van der Waals surface area contributed by atoms with Gasteiger partial charge in [0.15, 0.2) is 14.6 Å². The van der Waals surface area contributed by atoms with Crippen LogP contribution in [0.4, 0.5) is 0 Å². The molecule has 0 radical (unpaired) electrons. The van der Waals surface area contributed by atoms with E-state index in [4.69, 9.17) is 0 Å². The average Bonchev–Trinajstić information content (AvgIpc) is 2.90. The van der Waals surface area contributed by atoms with E-state index in [0.29, 0.717) is 25.9 Å². The summed E-state index contributed by atoms with van der Waals surface area (Å²) in [6.07, 6.45) is 2.57. The summed E-state index contributed by atoms with van der Waals surface area (Å²) < 4.78 is 23.0. The topological polar surface area (TPSA) is 75.3 Å². The first-order valence-corrected chi connectivity index (χ1v) is 9.86. The van der Waals surface area contributed by atoms with E-state index in [1.54, 1.807) is 11.3 Å². The van der Waals surface area contributed by atoms with Gasteiger partial charge in [-0.15, -0.1) is 11.3 Å². The average molecular weight is 330 g/mol. The van der Waals surface area contributed by atoms with Crippen LogP contribution in [0.5, 0.6) is 0 Å². The molecule has 1 aromatic rings. The van der Waals surface area contributed by atoms with Gasteiger partial charge >= 0.3 is 0 Å². The molecule has 1 aliphatic heterocycles. The fourth-order valence-corrected chi connectivity index (χ4v) is 4.91. The molecule has 2 heterocycles. The maximum atomic E-state index is 12.6. The van der Waals surface area contributed by atoms with Crippen LogP contribution in [0.2, 0.25) is 0 Å². The third kappa shape index (κ3) is 3.64. The van der Waals surface area contributed by atoms with E-state index in [2.05, 4.69) is 10.6 Å². The van der Waals surface area contributed by atoms with Crippen LogP contribution in [0.3, 0.4) is 0 Å². The molecule has 118 valence electrons. The summed E-state index contributed by atoms with van der Waals surface area (Å²) in [6.45, 7) is 3.02. The first kappa shape index (κ1) is 16.5. The molecule has 2 rings (SSSR count). The van der Waals surface area contributed by atoms with Crippen LogP contribution in [0, 0.1) is 0 Å². The lowest BCUT2D eigenvalue weighted by atomic mass is 9.95. The van der Waals surface area contributed by atoms with Gasteiger partial charge in [-0.25, -0.2) is 8.42 Å². The van der Waals surface area contributed by atoms with Gasteiger partial charge in [0.05, 0.1) is 0 Å². The monoisotopic (exact) mass is 330 g/mol. The van der Waals surface area contributed by atoms with Crippen molar-refractivity contribution in [1.29, 1.82) is 0 Å². The summed E-state index contributed by atoms with van der Waals surface area (Å²) in [7, 11) is -3.44. The predicted molar refractivity (Wildman–Crippen MR) is 85.3 cm³/mol. The lowest BCUT2D eigenvalue weighted by Gasteiger charge is -2.35. The van der Waals surface area contributed by atoms with Crippen LogP contribution in [-0.4, -0.2) is 44.5 Å². The molecule has 1 fully saturated rings. The third-order valence-corrected chi connectivity index (χ3v) is 6.91. The van der Waals surface area contributed by atoms with E-state index in [0.717, 1.165) is 6.42 Å². The van der Waals surface area contributed by atoms with Crippen LogP contribution in [0.1, 0.15) is 24.6 Å². The first-order valence-electron chi connectivity index (χ1n) is 7.09. The van der Waals surface area contributed by atoms with Crippen molar-refractivity contribution < 1.29 is 13.2 Å². The van der Waals surface area contributed by atoms with Crippen molar-refractivity contribution in [1.82, 2.24) is 10.6 Å². The highest BCUT2D eigenvalue weighted by atomic mass is 32.2. The molecular formula is C14H22N2O3S2. The molecule has 1 amide bonds. The summed E-state index contributed by atoms with van der Waals surface area (Å²) in [4.78, 5) is 13.8. The maximum absolute atomic E-state index is 12.6. The summed E-state index contributed by atoms with van der Waals surface area (Å²) in [5, 5.41) is 8.00. The number of carbonyl (C=O) groups excluding carboxylic acids is 1. The maximum Gasteiger partial charge on any atom is 0.241 e. The van der Waals surface area contributed by atoms with E-state index < -0.39 is 14.6 Å². The first-order chi connectivity index (χ1) is 9.85. The number of nitrogens with one attached hydrogen (secondary N) is 2. The smallest absolute Gasteiger partial charge is 0.241 e. The number of amides is 1. The van der Waals surface area contributed by atoms with Crippen molar-refractivity contribution in [2.45, 2.75) is 37.0 Å². The minimum atomic E-state index is -3.44. The fourth-order valence-electron chi connectivity index (χ4n) is 2.73. The zero-order valence-electron chi connectivity index (χ0n) is 12.4. The van der Waals surface area contributed by atoms with Gasteiger partial charge in [0, 0.05) is 23.6 Å². The van der Waals surface area contributed by atoms with E-state index in [1.165, 1.54) is 11.1 Å². The molecule has 0 saturated carbocycles. The molecule has 5 nitrogen and oxygen atoms in total. The summed E-state index contributed by atoms with van der Waals surface area (Å²) in [5.74, 6) is -0.351. The zero-order chi connectivity index (χ0) is 15.5. The molecule has 0 aromatic carbocycles. The molecule has 7 heteroatoms. The Hall–Kier alpha value is -0.920. The SMILES string of the molecule is CC(Cc1cccs1)NC(=O)C1(S(C)(=O)=O)CCNCC1. The van der Waals surface area contributed by atoms with E-state index in [-0.39, 0.29) is 11.9 Å². The Balaban J connectivity index is 2.08. The van der Waals surface area contributed by atoms with Gasteiger partial charge in [-0.05, 0) is 44.3 Å². The second-order valence-corrected chi connectivity index (χ2v) is 9.03. The predicted octanol–water partition coefficient (Wildman–Crippen LogP) is 0.962. The zero-order valence-corrected chi connectivity index (χ0v) is 14.0. The Labute approximate surface area is 130 Å². The molecule has 1 aliphatic rings. The summed E-state index contributed by atoms with van der Waals surface area (Å²) in [6, 6.07) is 3.91. The second kappa shape index (κ2) is 6.46. The van der Waals surface area contributed by atoms with Crippen molar-refractivity contribution in [3.8, 4) is 0 Å².